The van der Waals surface area contributed by atoms with Crippen LogP contribution in [0.15, 0.2) is 35.0 Å². The van der Waals surface area contributed by atoms with Crippen LogP contribution in [0.3, 0.4) is 0 Å². The van der Waals surface area contributed by atoms with Gasteiger partial charge in [-0.3, -0.25) is 9.48 Å². The number of aliphatic carboxylic acids is 1. The van der Waals surface area contributed by atoms with E-state index in [-0.39, 0.29) is 5.91 Å². The molecular formula is C18H18N6O4. The third kappa shape index (κ3) is 3.08. The first kappa shape index (κ1) is 17.7. The summed E-state index contributed by atoms with van der Waals surface area (Å²) in [5.41, 5.74) is 0.883. The molecule has 0 bridgehead atoms. The van der Waals surface area contributed by atoms with Crippen molar-refractivity contribution in [1.29, 1.82) is 0 Å². The molecule has 0 spiro atoms. The lowest BCUT2D eigenvalue weighted by atomic mass is 10.1. The summed E-state index contributed by atoms with van der Waals surface area (Å²) < 4.78 is 7.49. The van der Waals surface area contributed by atoms with Crippen molar-refractivity contribution in [3.63, 3.8) is 0 Å². The quantitative estimate of drug-likeness (QED) is 0.682. The molecule has 1 aliphatic heterocycles. The number of carbonyl (C=O) groups excluding carboxylic acids is 1. The zero-order valence-corrected chi connectivity index (χ0v) is 15.3. The van der Waals surface area contributed by atoms with E-state index < -0.39 is 12.0 Å². The Kier molecular flexibility index (Phi) is 4.30. The maximum absolute atomic E-state index is 12.7. The summed E-state index contributed by atoms with van der Waals surface area (Å²) in [6.07, 6.45) is 3.69. The number of aromatic nitrogens is 4. The Labute approximate surface area is 159 Å². The van der Waals surface area contributed by atoms with Crippen LogP contribution in [0.4, 0.5) is 11.8 Å². The Bertz CT molecular complexity index is 1060. The van der Waals surface area contributed by atoms with E-state index in [0.717, 1.165) is 5.82 Å². The van der Waals surface area contributed by atoms with Crippen LogP contribution in [-0.2, 0) is 18.3 Å². The van der Waals surface area contributed by atoms with Crippen molar-refractivity contribution in [3.05, 3.63) is 41.9 Å². The number of furan rings is 1. The SMILES string of the molecule is C[C@H](C(=O)O)N1CCc2oc(-c3ccnc(Nc4ccnn4C)n3)cc2C1=O. The van der Waals surface area contributed by atoms with Crippen LogP contribution in [0.25, 0.3) is 11.5 Å². The Morgan fingerprint density at radius 3 is 2.89 bits per heavy atom. The molecule has 28 heavy (non-hydrogen) atoms. The number of carbonyl (C=O) groups is 2. The van der Waals surface area contributed by atoms with Gasteiger partial charge in [0.15, 0.2) is 5.76 Å². The molecule has 3 aromatic heterocycles. The summed E-state index contributed by atoms with van der Waals surface area (Å²) in [5, 5.41) is 16.3. The van der Waals surface area contributed by atoms with Crippen LogP contribution in [0, 0.1) is 0 Å². The number of anilines is 2. The normalized spacial score (nSPS) is 14.6. The first-order chi connectivity index (χ1) is 13.4. The largest absolute Gasteiger partial charge is 0.480 e. The summed E-state index contributed by atoms with van der Waals surface area (Å²) in [5.74, 6) is 0.662. The van der Waals surface area contributed by atoms with Gasteiger partial charge in [-0.15, -0.1) is 0 Å². The van der Waals surface area contributed by atoms with Gasteiger partial charge in [0.05, 0.1) is 11.8 Å². The van der Waals surface area contributed by atoms with E-state index in [1.165, 1.54) is 11.8 Å². The van der Waals surface area contributed by atoms with Crippen molar-refractivity contribution in [3.8, 4) is 11.5 Å². The van der Waals surface area contributed by atoms with Crippen molar-refractivity contribution in [1.82, 2.24) is 24.6 Å². The lowest BCUT2D eigenvalue weighted by molar-refractivity contribution is -0.141. The highest BCUT2D eigenvalue weighted by Crippen LogP contribution is 2.29. The van der Waals surface area contributed by atoms with Gasteiger partial charge in [0.1, 0.15) is 23.3 Å². The molecule has 144 valence electrons. The number of hydrogen-bond acceptors (Lipinski definition) is 7. The van der Waals surface area contributed by atoms with Crippen LogP contribution in [0.2, 0.25) is 0 Å². The van der Waals surface area contributed by atoms with Gasteiger partial charge in [-0.25, -0.2) is 14.8 Å². The second-order valence-electron chi connectivity index (χ2n) is 6.44. The molecule has 4 heterocycles. The molecule has 0 radical (unpaired) electrons. The number of rotatable bonds is 5. The number of fused-ring (bicyclic) bond motifs is 1. The summed E-state index contributed by atoms with van der Waals surface area (Å²) in [7, 11) is 1.79. The second kappa shape index (κ2) is 6.80. The zero-order valence-electron chi connectivity index (χ0n) is 15.3. The van der Waals surface area contributed by atoms with E-state index in [0.29, 0.717) is 41.7 Å². The summed E-state index contributed by atoms with van der Waals surface area (Å²) in [6, 6.07) is 4.18. The number of nitrogens with one attached hydrogen (secondary N) is 1. The van der Waals surface area contributed by atoms with E-state index >= 15 is 0 Å². The lowest BCUT2D eigenvalue weighted by Crippen LogP contribution is -2.46. The van der Waals surface area contributed by atoms with Crippen LogP contribution >= 0.6 is 0 Å². The van der Waals surface area contributed by atoms with Gasteiger partial charge in [-0.1, -0.05) is 0 Å². The Morgan fingerprint density at radius 1 is 1.36 bits per heavy atom. The highest BCUT2D eigenvalue weighted by Gasteiger charge is 2.34. The second-order valence-corrected chi connectivity index (χ2v) is 6.44. The van der Waals surface area contributed by atoms with E-state index in [2.05, 4.69) is 20.4 Å². The lowest BCUT2D eigenvalue weighted by Gasteiger charge is -2.29. The van der Waals surface area contributed by atoms with Gasteiger partial charge in [0.2, 0.25) is 5.95 Å². The number of amides is 1. The average molecular weight is 382 g/mol. The van der Waals surface area contributed by atoms with Gasteiger partial charge < -0.3 is 19.7 Å². The number of carboxylic acid groups (broad SMARTS) is 1. The standard InChI is InChI=1S/C18H18N6O4/c1-10(17(26)27)24-8-5-13-11(16(24)25)9-14(28-13)12-3-6-19-18(21-12)22-15-4-7-20-23(15)2/h3-4,6-7,9-10H,5,8H2,1-2H3,(H,26,27)(H,19,21,22)/t10-/m1/s1. The molecule has 0 fully saturated rings. The number of carboxylic acids is 1. The van der Waals surface area contributed by atoms with Crippen LogP contribution in [-0.4, -0.2) is 54.2 Å². The molecule has 0 saturated carbocycles. The molecular weight excluding hydrogens is 364 g/mol. The first-order valence-electron chi connectivity index (χ1n) is 8.69. The minimum atomic E-state index is -1.04. The molecule has 10 heteroatoms. The van der Waals surface area contributed by atoms with Crippen LogP contribution in [0.5, 0.6) is 0 Å². The third-order valence-electron chi connectivity index (χ3n) is 4.67. The molecule has 2 N–H and O–H groups in total. The van der Waals surface area contributed by atoms with E-state index in [1.54, 1.807) is 42.3 Å². The van der Waals surface area contributed by atoms with Crippen molar-refractivity contribution in [2.45, 2.75) is 19.4 Å². The zero-order chi connectivity index (χ0) is 19.8. The smallest absolute Gasteiger partial charge is 0.326 e. The highest BCUT2D eigenvalue weighted by atomic mass is 16.4. The minimum Gasteiger partial charge on any atom is -0.480 e. The van der Waals surface area contributed by atoms with Gasteiger partial charge in [0, 0.05) is 32.3 Å². The highest BCUT2D eigenvalue weighted by molar-refractivity contribution is 5.99. The van der Waals surface area contributed by atoms with Gasteiger partial charge in [0.25, 0.3) is 5.91 Å². The van der Waals surface area contributed by atoms with Crippen LogP contribution in [0.1, 0.15) is 23.0 Å². The third-order valence-corrected chi connectivity index (χ3v) is 4.67. The molecule has 1 atom stereocenters. The Hall–Kier alpha value is -3.69. The molecule has 4 rings (SSSR count). The fourth-order valence-corrected chi connectivity index (χ4v) is 3.07. The Balaban J connectivity index is 1.61. The van der Waals surface area contributed by atoms with Gasteiger partial charge in [-0.2, -0.15) is 5.10 Å². The fraction of sp³-hybridized carbons (Fsp3) is 0.278. The molecule has 0 aromatic carbocycles. The van der Waals surface area contributed by atoms with Crippen molar-refractivity contribution in [2.75, 3.05) is 11.9 Å². The maximum atomic E-state index is 12.7. The fourth-order valence-electron chi connectivity index (χ4n) is 3.07. The number of hydrogen-bond donors (Lipinski definition) is 2. The molecule has 0 saturated heterocycles. The van der Waals surface area contributed by atoms with Gasteiger partial charge >= 0.3 is 5.97 Å². The predicted molar refractivity (Wildman–Crippen MR) is 98.1 cm³/mol. The van der Waals surface area contributed by atoms with Crippen molar-refractivity contribution in [2.24, 2.45) is 7.05 Å². The Morgan fingerprint density at radius 2 is 2.18 bits per heavy atom. The topological polar surface area (TPSA) is 126 Å². The van der Waals surface area contributed by atoms with Gasteiger partial charge in [-0.05, 0) is 19.1 Å². The molecule has 1 amide bonds. The molecule has 10 nitrogen and oxygen atoms in total. The van der Waals surface area contributed by atoms with Crippen LogP contribution < -0.4 is 5.32 Å². The summed E-state index contributed by atoms with van der Waals surface area (Å²) in [4.78, 5) is 33.9. The van der Waals surface area contributed by atoms with E-state index in [9.17, 15) is 14.7 Å². The first-order valence-corrected chi connectivity index (χ1v) is 8.69. The molecule has 3 aromatic rings. The number of nitrogens with zero attached hydrogens (tertiary/aromatic N) is 5. The van der Waals surface area contributed by atoms with E-state index in [1.807, 2.05) is 0 Å². The number of aryl methyl sites for hydroxylation is 1. The molecule has 1 aliphatic rings. The summed E-state index contributed by atoms with van der Waals surface area (Å²) >= 11 is 0. The predicted octanol–water partition coefficient (Wildman–Crippen LogP) is 1.69. The molecule has 0 unspecified atom stereocenters. The van der Waals surface area contributed by atoms with Crippen molar-refractivity contribution >= 4 is 23.6 Å². The minimum absolute atomic E-state index is 0.295. The van der Waals surface area contributed by atoms with E-state index in [4.69, 9.17) is 4.42 Å². The van der Waals surface area contributed by atoms with Crippen molar-refractivity contribution < 1.29 is 19.1 Å². The average Bonchev–Trinajstić information content (AvgIpc) is 3.29. The summed E-state index contributed by atoms with van der Waals surface area (Å²) in [6.45, 7) is 1.79. The maximum Gasteiger partial charge on any atom is 0.326 e. The monoisotopic (exact) mass is 382 g/mol. The molecule has 0 aliphatic carbocycles.